The molecule has 0 aliphatic carbocycles. The number of benzene rings is 1. The highest BCUT2D eigenvalue weighted by Crippen LogP contribution is 2.29. The van der Waals surface area contributed by atoms with Gasteiger partial charge in [-0.05, 0) is 6.07 Å². The number of ether oxygens (including phenoxy) is 2. The van der Waals surface area contributed by atoms with Gasteiger partial charge in [-0.15, -0.1) is 0 Å². The van der Waals surface area contributed by atoms with Crippen LogP contribution in [-0.4, -0.2) is 13.1 Å². The maximum atomic E-state index is 10.8. The molecule has 12 heavy (non-hydrogen) atoms. The van der Waals surface area contributed by atoms with Crippen LogP contribution < -0.4 is 9.47 Å². The third kappa shape index (κ3) is 1.03. The summed E-state index contributed by atoms with van der Waals surface area (Å²) in [6.07, 6.45) is 0.374. The van der Waals surface area contributed by atoms with Crippen molar-refractivity contribution in [3.8, 4) is 11.5 Å². The lowest BCUT2D eigenvalue weighted by Gasteiger charge is -2.00. The zero-order valence-corrected chi connectivity index (χ0v) is 6.66. The second-order valence-corrected chi connectivity index (χ2v) is 2.62. The first-order valence-corrected chi connectivity index (χ1v) is 3.67. The second-order valence-electron chi connectivity index (χ2n) is 2.62. The Labute approximate surface area is 69.9 Å². The highest BCUT2D eigenvalue weighted by atomic mass is 16.5. The largest absolute Gasteiger partial charge is 0.497 e. The molecule has 0 saturated carbocycles. The van der Waals surface area contributed by atoms with E-state index in [2.05, 4.69) is 0 Å². The molecule has 0 atom stereocenters. The molecule has 0 unspecified atom stereocenters. The summed E-state index contributed by atoms with van der Waals surface area (Å²) in [5.74, 6) is 1.14. The molecule has 0 fully saturated rings. The first kappa shape index (κ1) is 7.16. The van der Waals surface area contributed by atoms with Crippen LogP contribution in [0.25, 0.3) is 0 Å². The second kappa shape index (κ2) is 2.52. The molecule has 0 amide bonds. The summed E-state index contributed by atoms with van der Waals surface area (Å²) in [7, 11) is 1.58. The minimum absolute atomic E-state index is 0.196. The Bertz CT molecular complexity index is 331. The minimum atomic E-state index is -0.196. The average molecular weight is 164 g/mol. The number of hydrogen-bond acceptors (Lipinski definition) is 3. The fraction of sp³-hybridized carbons (Fsp3) is 0.222. The fourth-order valence-corrected chi connectivity index (χ4v) is 1.22. The van der Waals surface area contributed by atoms with Gasteiger partial charge in [0.2, 0.25) is 0 Å². The number of esters is 1. The van der Waals surface area contributed by atoms with E-state index in [1.165, 1.54) is 0 Å². The Morgan fingerprint density at radius 2 is 2.33 bits per heavy atom. The Balaban J connectivity index is 2.41. The molecule has 2 rings (SSSR count). The van der Waals surface area contributed by atoms with Crippen molar-refractivity contribution >= 4 is 5.97 Å². The number of carbonyl (C=O) groups is 1. The van der Waals surface area contributed by atoms with E-state index in [0.717, 1.165) is 5.56 Å². The summed E-state index contributed by atoms with van der Waals surface area (Å²) in [4.78, 5) is 10.8. The lowest BCUT2D eigenvalue weighted by Crippen LogP contribution is -2.00. The SMILES string of the molecule is COc1ccc2c(c1)OC(=O)C2. The molecule has 3 nitrogen and oxygen atoms in total. The monoisotopic (exact) mass is 164 g/mol. The third-order valence-electron chi connectivity index (χ3n) is 1.83. The quantitative estimate of drug-likeness (QED) is 0.461. The highest BCUT2D eigenvalue weighted by molar-refractivity contribution is 5.81. The van der Waals surface area contributed by atoms with Crippen molar-refractivity contribution in [2.24, 2.45) is 0 Å². The van der Waals surface area contributed by atoms with E-state index in [1.807, 2.05) is 12.1 Å². The van der Waals surface area contributed by atoms with Gasteiger partial charge >= 0.3 is 5.97 Å². The van der Waals surface area contributed by atoms with E-state index in [0.29, 0.717) is 17.9 Å². The Hall–Kier alpha value is -1.51. The summed E-state index contributed by atoms with van der Waals surface area (Å²) in [6.45, 7) is 0. The van der Waals surface area contributed by atoms with Crippen LogP contribution in [0.15, 0.2) is 18.2 Å². The molecule has 1 aromatic rings. The molecule has 0 saturated heterocycles. The van der Waals surface area contributed by atoms with E-state index in [-0.39, 0.29) is 5.97 Å². The van der Waals surface area contributed by atoms with E-state index in [9.17, 15) is 4.79 Å². The molecular formula is C9H8O3. The number of fused-ring (bicyclic) bond motifs is 1. The Morgan fingerprint density at radius 1 is 1.50 bits per heavy atom. The molecule has 0 N–H and O–H groups in total. The predicted molar refractivity (Wildman–Crippen MR) is 42.3 cm³/mol. The third-order valence-corrected chi connectivity index (χ3v) is 1.83. The lowest BCUT2D eigenvalue weighted by atomic mass is 10.2. The van der Waals surface area contributed by atoms with Crippen molar-refractivity contribution in [3.63, 3.8) is 0 Å². The molecule has 62 valence electrons. The molecule has 0 bridgehead atoms. The summed E-state index contributed by atoms with van der Waals surface area (Å²) < 4.78 is 9.91. The van der Waals surface area contributed by atoms with Crippen LogP contribution in [-0.2, 0) is 11.2 Å². The first-order chi connectivity index (χ1) is 5.79. The fourth-order valence-electron chi connectivity index (χ4n) is 1.22. The van der Waals surface area contributed by atoms with Gasteiger partial charge in [0.05, 0.1) is 13.5 Å². The number of rotatable bonds is 1. The van der Waals surface area contributed by atoms with Crippen LogP contribution >= 0.6 is 0 Å². The van der Waals surface area contributed by atoms with Gasteiger partial charge in [-0.3, -0.25) is 4.79 Å². The summed E-state index contributed by atoms with van der Waals surface area (Å²) in [6, 6.07) is 5.39. The number of methoxy groups -OCH3 is 1. The van der Waals surface area contributed by atoms with E-state index < -0.39 is 0 Å². The van der Waals surface area contributed by atoms with Gasteiger partial charge in [0.25, 0.3) is 0 Å². The smallest absolute Gasteiger partial charge is 0.315 e. The Kier molecular flexibility index (Phi) is 1.50. The van der Waals surface area contributed by atoms with Crippen molar-refractivity contribution in [1.82, 2.24) is 0 Å². The highest BCUT2D eigenvalue weighted by Gasteiger charge is 2.20. The van der Waals surface area contributed by atoms with Crippen molar-refractivity contribution in [3.05, 3.63) is 23.8 Å². The molecule has 1 aromatic carbocycles. The van der Waals surface area contributed by atoms with Crippen LogP contribution in [0.3, 0.4) is 0 Å². The maximum absolute atomic E-state index is 10.8. The van der Waals surface area contributed by atoms with Crippen LogP contribution in [0.4, 0.5) is 0 Å². The van der Waals surface area contributed by atoms with Crippen molar-refractivity contribution in [2.75, 3.05) is 7.11 Å². The molecule has 3 heteroatoms. The van der Waals surface area contributed by atoms with Gasteiger partial charge in [0.1, 0.15) is 11.5 Å². The zero-order valence-electron chi connectivity index (χ0n) is 6.66. The zero-order chi connectivity index (χ0) is 8.55. The van der Waals surface area contributed by atoms with Crippen molar-refractivity contribution in [1.29, 1.82) is 0 Å². The van der Waals surface area contributed by atoms with Crippen molar-refractivity contribution < 1.29 is 14.3 Å². The van der Waals surface area contributed by atoms with Crippen LogP contribution in [0, 0.1) is 0 Å². The van der Waals surface area contributed by atoms with Gasteiger partial charge < -0.3 is 9.47 Å². The lowest BCUT2D eigenvalue weighted by molar-refractivity contribution is -0.131. The standard InChI is InChI=1S/C9H8O3/c1-11-7-3-2-6-4-9(10)12-8(6)5-7/h2-3,5H,4H2,1H3. The van der Waals surface area contributed by atoms with Gasteiger partial charge in [0, 0.05) is 11.6 Å². The molecule has 0 radical (unpaired) electrons. The van der Waals surface area contributed by atoms with Gasteiger partial charge in [-0.1, -0.05) is 6.07 Å². The Morgan fingerprint density at radius 3 is 3.08 bits per heavy atom. The predicted octanol–water partition coefficient (Wildman–Crippen LogP) is 1.16. The summed E-state index contributed by atoms with van der Waals surface area (Å²) >= 11 is 0. The van der Waals surface area contributed by atoms with E-state index in [4.69, 9.17) is 9.47 Å². The van der Waals surface area contributed by atoms with Crippen LogP contribution in [0.5, 0.6) is 11.5 Å². The molecule has 1 aliphatic heterocycles. The summed E-state index contributed by atoms with van der Waals surface area (Å²) in [5, 5.41) is 0. The average Bonchev–Trinajstić information content (AvgIpc) is 2.43. The molecule has 1 heterocycles. The van der Waals surface area contributed by atoms with Crippen LogP contribution in [0.2, 0.25) is 0 Å². The van der Waals surface area contributed by atoms with Gasteiger partial charge in [0.15, 0.2) is 0 Å². The van der Waals surface area contributed by atoms with Gasteiger partial charge in [-0.2, -0.15) is 0 Å². The van der Waals surface area contributed by atoms with E-state index in [1.54, 1.807) is 13.2 Å². The van der Waals surface area contributed by atoms with Gasteiger partial charge in [-0.25, -0.2) is 0 Å². The molecule has 1 aliphatic rings. The summed E-state index contributed by atoms with van der Waals surface area (Å²) in [5.41, 5.74) is 0.931. The number of carbonyl (C=O) groups excluding carboxylic acids is 1. The normalized spacial score (nSPS) is 13.9. The van der Waals surface area contributed by atoms with E-state index >= 15 is 0 Å². The molecule has 0 aromatic heterocycles. The maximum Gasteiger partial charge on any atom is 0.315 e. The topological polar surface area (TPSA) is 35.5 Å². The molecular weight excluding hydrogens is 156 g/mol. The van der Waals surface area contributed by atoms with Crippen molar-refractivity contribution in [2.45, 2.75) is 6.42 Å². The first-order valence-electron chi connectivity index (χ1n) is 3.67. The van der Waals surface area contributed by atoms with Crippen LogP contribution in [0.1, 0.15) is 5.56 Å². The molecule has 0 spiro atoms. The minimum Gasteiger partial charge on any atom is -0.497 e. The number of hydrogen-bond donors (Lipinski definition) is 0.